The highest BCUT2D eigenvalue weighted by Gasteiger charge is 2.28. The second-order valence-electron chi connectivity index (χ2n) is 8.76. The zero-order chi connectivity index (χ0) is 25.5. The van der Waals surface area contributed by atoms with Crippen LogP contribution in [0.15, 0.2) is 60.7 Å². The summed E-state index contributed by atoms with van der Waals surface area (Å²) >= 11 is 0. The first kappa shape index (κ1) is 25.7. The molecule has 7 nitrogen and oxygen atoms in total. The van der Waals surface area contributed by atoms with E-state index >= 15 is 0 Å². The molecular weight excluding hydrogens is 474 g/mol. The number of aldehydes is 1. The van der Waals surface area contributed by atoms with Gasteiger partial charge in [-0.3, -0.25) is 0 Å². The molecule has 0 unspecified atom stereocenters. The van der Waals surface area contributed by atoms with Crippen molar-refractivity contribution in [3.05, 3.63) is 71.8 Å². The Morgan fingerprint density at radius 3 is 2.25 bits per heavy atom. The zero-order valence-corrected chi connectivity index (χ0v) is 21.4. The van der Waals surface area contributed by atoms with Crippen molar-refractivity contribution in [2.75, 3.05) is 38.2 Å². The molecule has 188 valence electrons. The lowest BCUT2D eigenvalue weighted by Gasteiger charge is -2.35. The van der Waals surface area contributed by atoms with Gasteiger partial charge in [0, 0.05) is 43.0 Å². The third-order valence-electron chi connectivity index (χ3n) is 6.27. The standard InChI is InChI=1S/C28H31N3O4S/c1-3-4-26(21-32)29-36(33,34)31-17-15-30(16-18-31)27-12-8-22(9-13-27)5-6-23-7-10-25-20-28(35-2)14-11-24(25)19-23/h7-14,19-21,26,29H,3-4,15-18H2,1-2H3/t26-/m0/s1. The van der Waals surface area contributed by atoms with Gasteiger partial charge in [-0.05, 0) is 65.7 Å². The van der Waals surface area contributed by atoms with Crippen molar-refractivity contribution in [3.63, 3.8) is 0 Å². The molecule has 1 saturated heterocycles. The molecular formula is C28H31N3O4S. The third-order valence-corrected chi connectivity index (χ3v) is 7.92. The van der Waals surface area contributed by atoms with Crippen LogP contribution in [-0.2, 0) is 15.0 Å². The zero-order valence-electron chi connectivity index (χ0n) is 20.6. The van der Waals surface area contributed by atoms with Crippen molar-refractivity contribution >= 4 is 33.0 Å². The Bertz CT molecular complexity index is 1370. The summed E-state index contributed by atoms with van der Waals surface area (Å²) in [6.45, 7) is 3.80. The highest BCUT2D eigenvalue weighted by molar-refractivity contribution is 7.87. The van der Waals surface area contributed by atoms with Crippen LogP contribution in [0.25, 0.3) is 10.8 Å². The van der Waals surface area contributed by atoms with Crippen LogP contribution >= 0.6 is 0 Å². The lowest BCUT2D eigenvalue weighted by atomic mass is 10.1. The number of benzene rings is 3. The number of hydrogen-bond acceptors (Lipinski definition) is 5. The van der Waals surface area contributed by atoms with E-state index in [1.807, 2.05) is 61.5 Å². The summed E-state index contributed by atoms with van der Waals surface area (Å²) in [6.07, 6.45) is 1.89. The molecule has 1 fully saturated rings. The normalized spacial score (nSPS) is 15.2. The number of nitrogens with zero attached hydrogens (tertiary/aromatic N) is 2. The van der Waals surface area contributed by atoms with Crippen LogP contribution in [0.5, 0.6) is 5.75 Å². The number of carbonyl (C=O) groups excluding carboxylic acids is 1. The summed E-state index contributed by atoms with van der Waals surface area (Å²) in [7, 11) is -2.02. The Kier molecular flexibility index (Phi) is 8.26. The van der Waals surface area contributed by atoms with E-state index in [0.717, 1.165) is 39.8 Å². The van der Waals surface area contributed by atoms with E-state index in [1.165, 1.54) is 4.31 Å². The number of rotatable bonds is 8. The predicted molar refractivity (Wildman–Crippen MR) is 144 cm³/mol. The first-order valence-corrected chi connectivity index (χ1v) is 13.5. The summed E-state index contributed by atoms with van der Waals surface area (Å²) in [5, 5.41) is 2.22. The van der Waals surface area contributed by atoms with E-state index in [0.29, 0.717) is 38.9 Å². The molecule has 0 aliphatic carbocycles. The molecule has 0 saturated carbocycles. The number of piperazine rings is 1. The number of methoxy groups -OCH3 is 1. The molecule has 1 heterocycles. The number of hydrogen-bond donors (Lipinski definition) is 1. The maximum absolute atomic E-state index is 12.6. The van der Waals surface area contributed by atoms with Gasteiger partial charge in [-0.25, -0.2) is 0 Å². The average Bonchev–Trinajstić information content (AvgIpc) is 2.91. The monoisotopic (exact) mass is 505 g/mol. The second-order valence-corrected chi connectivity index (χ2v) is 10.5. The number of nitrogens with one attached hydrogen (secondary N) is 1. The topological polar surface area (TPSA) is 79.0 Å². The fourth-order valence-electron chi connectivity index (χ4n) is 4.25. The lowest BCUT2D eigenvalue weighted by molar-refractivity contribution is -0.109. The van der Waals surface area contributed by atoms with Gasteiger partial charge in [0.15, 0.2) is 0 Å². The first-order valence-electron chi connectivity index (χ1n) is 12.1. The van der Waals surface area contributed by atoms with Crippen LogP contribution in [0.4, 0.5) is 5.69 Å². The minimum absolute atomic E-state index is 0.364. The quantitative estimate of drug-likeness (QED) is 0.374. The van der Waals surface area contributed by atoms with Gasteiger partial charge in [-0.15, -0.1) is 0 Å². The van der Waals surface area contributed by atoms with E-state index in [2.05, 4.69) is 27.5 Å². The van der Waals surface area contributed by atoms with E-state index in [1.54, 1.807) is 7.11 Å². The second kappa shape index (κ2) is 11.6. The maximum Gasteiger partial charge on any atom is 0.280 e. The van der Waals surface area contributed by atoms with Crippen LogP contribution in [0.2, 0.25) is 0 Å². The summed E-state index contributed by atoms with van der Waals surface area (Å²) in [6, 6.07) is 19.4. The fourth-order valence-corrected chi connectivity index (χ4v) is 5.60. The lowest BCUT2D eigenvalue weighted by Crippen LogP contribution is -2.54. The molecule has 1 atom stereocenters. The van der Waals surface area contributed by atoms with Crippen molar-refractivity contribution < 1.29 is 17.9 Å². The first-order chi connectivity index (χ1) is 17.4. The van der Waals surface area contributed by atoms with Crippen LogP contribution in [-0.4, -0.2) is 58.3 Å². The van der Waals surface area contributed by atoms with Gasteiger partial charge in [0.25, 0.3) is 10.2 Å². The maximum atomic E-state index is 12.6. The SMILES string of the molecule is CCC[C@@H](C=O)NS(=O)(=O)N1CCN(c2ccc(C#Cc3ccc4cc(OC)ccc4c3)cc2)CC1. The highest BCUT2D eigenvalue weighted by Crippen LogP contribution is 2.22. The van der Waals surface area contributed by atoms with E-state index in [-0.39, 0.29) is 0 Å². The van der Waals surface area contributed by atoms with E-state index in [4.69, 9.17) is 4.74 Å². The Morgan fingerprint density at radius 2 is 1.58 bits per heavy atom. The summed E-state index contributed by atoms with van der Waals surface area (Å²) < 4.78 is 34.5. The Hall–Kier alpha value is -3.38. The van der Waals surface area contributed by atoms with Crippen molar-refractivity contribution in [2.45, 2.75) is 25.8 Å². The molecule has 3 aromatic carbocycles. The molecule has 1 aliphatic rings. The number of anilines is 1. The molecule has 0 bridgehead atoms. The molecule has 3 aromatic rings. The van der Waals surface area contributed by atoms with Crippen molar-refractivity contribution in [2.24, 2.45) is 0 Å². The van der Waals surface area contributed by atoms with Crippen molar-refractivity contribution in [3.8, 4) is 17.6 Å². The molecule has 0 radical (unpaired) electrons. The number of carbonyl (C=O) groups is 1. The summed E-state index contributed by atoms with van der Waals surface area (Å²) in [5.74, 6) is 7.29. The van der Waals surface area contributed by atoms with Crippen molar-refractivity contribution in [1.82, 2.24) is 9.03 Å². The number of fused-ring (bicyclic) bond motifs is 1. The smallest absolute Gasteiger partial charge is 0.280 e. The van der Waals surface area contributed by atoms with Crippen LogP contribution in [0, 0.1) is 11.8 Å². The Morgan fingerprint density at radius 1 is 0.944 bits per heavy atom. The fraction of sp³-hybridized carbons (Fsp3) is 0.321. The Labute approximate surface area is 213 Å². The van der Waals surface area contributed by atoms with Gasteiger partial charge in [0.1, 0.15) is 12.0 Å². The van der Waals surface area contributed by atoms with Gasteiger partial charge in [-0.1, -0.05) is 37.3 Å². The van der Waals surface area contributed by atoms with Crippen LogP contribution < -0.4 is 14.4 Å². The highest BCUT2D eigenvalue weighted by atomic mass is 32.2. The molecule has 36 heavy (non-hydrogen) atoms. The van der Waals surface area contributed by atoms with E-state index < -0.39 is 16.3 Å². The van der Waals surface area contributed by atoms with Crippen molar-refractivity contribution in [1.29, 1.82) is 0 Å². The van der Waals surface area contributed by atoms with Gasteiger partial charge >= 0.3 is 0 Å². The van der Waals surface area contributed by atoms with Crippen LogP contribution in [0.3, 0.4) is 0 Å². The molecule has 1 N–H and O–H groups in total. The van der Waals surface area contributed by atoms with Crippen LogP contribution in [0.1, 0.15) is 30.9 Å². The van der Waals surface area contributed by atoms with Gasteiger partial charge in [-0.2, -0.15) is 17.4 Å². The molecule has 0 amide bonds. The molecule has 1 aliphatic heterocycles. The van der Waals surface area contributed by atoms with Gasteiger partial charge in [0.2, 0.25) is 0 Å². The van der Waals surface area contributed by atoms with Gasteiger partial charge in [0.05, 0.1) is 13.2 Å². The molecule has 0 aromatic heterocycles. The minimum Gasteiger partial charge on any atom is -0.497 e. The summed E-state index contributed by atoms with van der Waals surface area (Å²) in [5.41, 5.74) is 2.88. The van der Waals surface area contributed by atoms with Gasteiger partial charge < -0.3 is 14.4 Å². The Balaban J connectivity index is 1.36. The predicted octanol–water partition coefficient (Wildman–Crippen LogP) is 3.57. The molecule has 0 spiro atoms. The molecule has 8 heteroatoms. The largest absolute Gasteiger partial charge is 0.497 e. The average molecular weight is 506 g/mol. The molecule has 4 rings (SSSR count). The van der Waals surface area contributed by atoms with E-state index in [9.17, 15) is 13.2 Å². The summed E-state index contributed by atoms with van der Waals surface area (Å²) in [4.78, 5) is 13.3. The minimum atomic E-state index is -3.68. The third kappa shape index (κ3) is 6.24. The number of ether oxygens (including phenoxy) is 1.